The molecule has 3 rings (SSSR count). The van der Waals surface area contributed by atoms with Crippen LogP contribution in [0.1, 0.15) is 0 Å². The zero-order valence-electron chi connectivity index (χ0n) is 14.1. The summed E-state index contributed by atoms with van der Waals surface area (Å²) in [7, 11) is 1.70. The van der Waals surface area contributed by atoms with Gasteiger partial charge in [-0.3, -0.25) is 0 Å². The summed E-state index contributed by atoms with van der Waals surface area (Å²) in [4.78, 5) is 1.63. The largest absolute Gasteiger partial charge is 0.403 e. The van der Waals surface area contributed by atoms with E-state index in [4.69, 9.17) is 10.2 Å². The van der Waals surface area contributed by atoms with Gasteiger partial charge in [-0.2, -0.15) is 0 Å². The van der Waals surface area contributed by atoms with Crippen molar-refractivity contribution in [2.75, 3.05) is 30.4 Å². The third kappa shape index (κ3) is 4.16. The van der Waals surface area contributed by atoms with Crippen molar-refractivity contribution in [3.8, 4) is 11.5 Å². The molecule has 142 valence electrons. The number of benzene rings is 2. The minimum absolute atomic E-state index is 0.0128. The number of aromatic nitrogens is 2. The first-order chi connectivity index (χ1) is 12.9. The Morgan fingerprint density at radius 1 is 1.15 bits per heavy atom. The zero-order chi connectivity index (χ0) is 19.6. The van der Waals surface area contributed by atoms with Crippen molar-refractivity contribution in [2.45, 2.75) is 0 Å². The molecular formula is C17H15F3IN5O. The molecule has 0 spiro atoms. The molecule has 0 aliphatic rings. The third-order valence-corrected chi connectivity index (χ3v) is 4.39. The Kier molecular flexibility index (Phi) is 5.85. The van der Waals surface area contributed by atoms with Crippen LogP contribution >= 0.6 is 22.6 Å². The van der Waals surface area contributed by atoms with E-state index in [1.54, 1.807) is 18.0 Å². The molecule has 1 aromatic heterocycles. The summed E-state index contributed by atoms with van der Waals surface area (Å²) in [6.07, 6.45) is 0. The number of rotatable bonds is 6. The number of hydrogen-bond donors (Lipinski definition) is 2. The smallest absolute Gasteiger partial charge is 0.318 e. The highest BCUT2D eigenvalue weighted by atomic mass is 127. The first kappa shape index (κ1) is 19.4. The SMILES string of the molecule is CN(CCN)c1nnc(-c2ccc(F)c(F)c2Nc2ccc(I)cc2F)o1. The van der Waals surface area contributed by atoms with Gasteiger partial charge >= 0.3 is 6.01 Å². The normalized spacial score (nSPS) is 10.9. The fourth-order valence-corrected chi connectivity index (χ4v) is 2.80. The van der Waals surface area contributed by atoms with Crippen LogP contribution < -0.4 is 16.0 Å². The van der Waals surface area contributed by atoms with Crippen LogP contribution in [0.4, 0.5) is 30.6 Å². The van der Waals surface area contributed by atoms with Crippen LogP contribution in [0, 0.1) is 21.0 Å². The number of halogens is 4. The minimum Gasteiger partial charge on any atom is -0.403 e. The summed E-state index contributed by atoms with van der Waals surface area (Å²) in [6, 6.07) is 6.73. The molecule has 10 heteroatoms. The molecule has 0 bridgehead atoms. The summed E-state index contributed by atoms with van der Waals surface area (Å²) in [5, 5.41) is 10.3. The first-order valence-electron chi connectivity index (χ1n) is 7.86. The van der Waals surface area contributed by atoms with Crippen LogP contribution in [0.5, 0.6) is 0 Å². The first-order valence-corrected chi connectivity index (χ1v) is 8.93. The number of nitrogens with zero attached hydrogens (tertiary/aromatic N) is 3. The Bertz CT molecular complexity index is 966. The fourth-order valence-electron chi connectivity index (χ4n) is 2.34. The van der Waals surface area contributed by atoms with Crippen molar-refractivity contribution in [2.24, 2.45) is 5.73 Å². The summed E-state index contributed by atoms with van der Waals surface area (Å²) in [6.45, 7) is 0.844. The molecule has 0 aliphatic carbocycles. The maximum atomic E-state index is 14.5. The third-order valence-electron chi connectivity index (χ3n) is 3.72. The maximum Gasteiger partial charge on any atom is 0.318 e. The van der Waals surface area contributed by atoms with E-state index < -0.39 is 17.5 Å². The molecule has 0 atom stereocenters. The summed E-state index contributed by atoms with van der Waals surface area (Å²) in [5.74, 6) is -2.92. The lowest BCUT2D eigenvalue weighted by Crippen LogP contribution is -2.25. The topological polar surface area (TPSA) is 80.2 Å². The zero-order valence-corrected chi connectivity index (χ0v) is 16.3. The Hall–Kier alpha value is -2.34. The van der Waals surface area contributed by atoms with Crippen LogP contribution in [0.25, 0.3) is 11.5 Å². The van der Waals surface area contributed by atoms with Gasteiger partial charge in [-0.25, -0.2) is 13.2 Å². The van der Waals surface area contributed by atoms with Crippen molar-refractivity contribution in [3.05, 3.63) is 51.4 Å². The molecule has 0 radical (unpaired) electrons. The fraction of sp³-hybridized carbons (Fsp3) is 0.176. The van der Waals surface area contributed by atoms with Crippen molar-refractivity contribution < 1.29 is 17.6 Å². The van der Waals surface area contributed by atoms with E-state index in [-0.39, 0.29) is 28.8 Å². The predicted octanol–water partition coefficient (Wildman–Crippen LogP) is 3.90. The summed E-state index contributed by atoms with van der Waals surface area (Å²) < 4.78 is 48.6. The van der Waals surface area contributed by atoms with Crippen LogP contribution in [-0.4, -0.2) is 30.3 Å². The lowest BCUT2D eigenvalue weighted by Gasteiger charge is -2.13. The molecule has 6 nitrogen and oxygen atoms in total. The Morgan fingerprint density at radius 3 is 2.63 bits per heavy atom. The maximum absolute atomic E-state index is 14.5. The van der Waals surface area contributed by atoms with E-state index in [1.807, 2.05) is 22.6 Å². The quantitative estimate of drug-likeness (QED) is 0.512. The van der Waals surface area contributed by atoms with Gasteiger partial charge in [0, 0.05) is 23.7 Å². The van der Waals surface area contributed by atoms with Gasteiger partial charge in [0.2, 0.25) is 0 Å². The monoisotopic (exact) mass is 489 g/mol. The highest BCUT2D eigenvalue weighted by Gasteiger charge is 2.21. The second-order valence-electron chi connectivity index (χ2n) is 5.63. The Balaban J connectivity index is 2.03. The number of nitrogens with two attached hydrogens (primary N) is 1. The molecule has 0 amide bonds. The lowest BCUT2D eigenvalue weighted by molar-refractivity contribution is 0.510. The van der Waals surface area contributed by atoms with Crippen molar-refractivity contribution in [3.63, 3.8) is 0 Å². The molecule has 2 aromatic carbocycles. The van der Waals surface area contributed by atoms with Crippen molar-refractivity contribution >= 4 is 40.0 Å². The predicted molar refractivity (Wildman–Crippen MR) is 104 cm³/mol. The lowest BCUT2D eigenvalue weighted by atomic mass is 10.1. The molecule has 3 N–H and O–H groups in total. The van der Waals surface area contributed by atoms with E-state index in [0.717, 1.165) is 6.07 Å². The van der Waals surface area contributed by atoms with Gasteiger partial charge in [-0.05, 0) is 52.9 Å². The standard InChI is InChI=1S/C17H15F3IN5O/c1-26(7-6-22)17-25-24-16(27-17)10-3-4-11(18)14(20)15(10)23-13-5-2-9(21)8-12(13)19/h2-5,8,23H,6-7,22H2,1H3. The van der Waals surface area contributed by atoms with Crippen molar-refractivity contribution in [1.82, 2.24) is 10.2 Å². The molecule has 0 fully saturated rings. The van der Waals surface area contributed by atoms with Crippen LogP contribution in [0.3, 0.4) is 0 Å². The van der Waals surface area contributed by atoms with Gasteiger partial charge in [0.25, 0.3) is 5.89 Å². The molecule has 0 unspecified atom stereocenters. The molecular weight excluding hydrogens is 474 g/mol. The number of nitrogens with one attached hydrogen (secondary N) is 1. The van der Waals surface area contributed by atoms with Crippen LogP contribution in [0.2, 0.25) is 0 Å². The average Bonchev–Trinajstić information content (AvgIpc) is 3.11. The molecule has 1 heterocycles. The number of hydrogen-bond acceptors (Lipinski definition) is 6. The second-order valence-corrected chi connectivity index (χ2v) is 6.88. The number of anilines is 3. The molecule has 0 aliphatic heterocycles. The van der Waals surface area contributed by atoms with Gasteiger partial charge in [0.15, 0.2) is 11.6 Å². The van der Waals surface area contributed by atoms with E-state index in [9.17, 15) is 13.2 Å². The second kappa shape index (κ2) is 8.13. The van der Waals surface area contributed by atoms with E-state index in [2.05, 4.69) is 15.5 Å². The van der Waals surface area contributed by atoms with Crippen LogP contribution in [0.15, 0.2) is 34.7 Å². The van der Waals surface area contributed by atoms with Gasteiger partial charge in [-0.1, -0.05) is 5.10 Å². The summed E-state index contributed by atoms with van der Waals surface area (Å²) in [5.41, 5.74) is 5.28. The minimum atomic E-state index is -1.18. The molecule has 3 aromatic rings. The van der Waals surface area contributed by atoms with Gasteiger partial charge in [-0.15, -0.1) is 5.10 Å². The Labute approximate surface area is 166 Å². The van der Waals surface area contributed by atoms with Gasteiger partial charge < -0.3 is 20.4 Å². The summed E-state index contributed by atoms with van der Waals surface area (Å²) >= 11 is 1.95. The highest BCUT2D eigenvalue weighted by molar-refractivity contribution is 14.1. The molecule has 27 heavy (non-hydrogen) atoms. The van der Waals surface area contributed by atoms with E-state index in [0.29, 0.717) is 16.7 Å². The average molecular weight is 489 g/mol. The van der Waals surface area contributed by atoms with Gasteiger partial charge in [0.05, 0.1) is 16.9 Å². The van der Waals surface area contributed by atoms with E-state index >= 15 is 0 Å². The molecule has 0 saturated heterocycles. The molecule has 0 saturated carbocycles. The van der Waals surface area contributed by atoms with Crippen molar-refractivity contribution in [1.29, 1.82) is 0 Å². The van der Waals surface area contributed by atoms with Gasteiger partial charge in [0.1, 0.15) is 5.82 Å². The highest BCUT2D eigenvalue weighted by Crippen LogP contribution is 2.35. The number of likely N-dealkylation sites (N-methyl/N-ethyl adjacent to an activating group) is 1. The van der Waals surface area contributed by atoms with Crippen LogP contribution in [-0.2, 0) is 0 Å². The van der Waals surface area contributed by atoms with E-state index in [1.165, 1.54) is 18.2 Å². The Morgan fingerprint density at radius 2 is 1.93 bits per heavy atom.